The van der Waals surface area contributed by atoms with E-state index in [1.54, 1.807) is 12.1 Å². The molecule has 0 bridgehead atoms. The molecule has 0 fully saturated rings. The number of benzene rings is 1. The molecule has 1 aliphatic rings. The molecule has 3 aromatic rings. The van der Waals surface area contributed by atoms with Crippen molar-refractivity contribution in [2.24, 2.45) is 0 Å². The topological polar surface area (TPSA) is 115 Å². The van der Waals surface area contributed by atoms with Crippen LogP contribution in [0.5, 0.6) is 0 Å². The van der Waals surface area contributed by atoms with E-state index in [4.69, 9.17) is 5.11 Å². The van der Waals surface area contributed by atoms with Gasteiger partial charge in [0.2, 0.25) is 0 Å². The minimum Gasteiger partial charge on any atom is -0.478 e. The summed E-state index contributed by atoms with van der Waals surface area (Å²) in [7, 11) is 0. The smallest absolute Gasteiger partial charge is 0.337 e. The Labute approximate surface area is 158 Å². The average Bonchev–Trinajstić information content (AvgIpc) is 2.68. The van der Waals surface area contributed by atoms with Gasteiger partial charge in [0.25, 0.3) is 11.2 Å². The van der Waals surface area contributed by atoms with E-state index in [0.29, 0.717) is 35.3 Å². The van der Waals surface area contributed by atoms with Gasteiger partial charge in [-0.05, 0) is 48.6 Å². The number of hydrogen-bond acceptors (Lipinski definition) is 5. The molecule has 0 spiro atoms. The van der Waals surface area contributed by atoms with Crippen LogP contribution >= 0.6 is 0 Å². The number of allylic oxidation sites excluding steroid dienone is 1. The van der Waals surface area contributed by atoms with Gasteiger partial charge in [0.15, 0.2) is 0 Å². The average molecular weight is 377 g/mol. The van der Waals surface area contributed by atoms with E-state index in [9.17, 15) is 19.7 Å². The van der Waals surface area contributed by atoms with E-state index in [1.807, 2.05) is 6.08 Å². The molecule has 8 nitrogen and oxygen atoms in total. The number of pyridine rings is 1. The molecular formula is C20H15N3O5. The summed E-state index contributed by atoms with van der Waals surface area (Å²) >= 11 is 0. The summed E-state index contributed by atoms with van der Waals surface area (Å²) in [5.41, 5.74) is 2.70. The molecule has 4 rings (SSSR count). The van der Waals surface area contributed by atoms with Gasteiger partial charge in [-0.15, -0.1) is 0 Å². The van der Waals surface area contributed by atoms with Crippen molar-refractivity contribution >= 4 is 29.0 Å². The largest absolute Gasteiger partial charge is 0.478 e. The Kier molecular flexibility index (Phi) is 4.23. The molecule has 2 heterocycles. The number of nitro benzene ring substituents is 1. The number of carboxylic acids is 1. The molecule has 0 atom stereocenters. The quantitative estimate of drug-likeness (QED) is 0.554. The first kappa shape index (κ1) is 17.6. The lowest BCUT2D eigenvalue weighted by atomic mass is 9.90. The summed E-state index contributed by atoms with van der Waals surface area (Å²) in [5, 5.41) is 20.1. The molecular weight excluding hydrogens is 362 g/mol. The van der Waals surface area contributed by atoms with E-state index >= 15 is 0 Å². The maximum Gasteiger partial charge on any atom is 0.337 e. The second kappa shape index (κ2) is 6.73. The van der Waals surface area contributed by atoms with Crippen LogP contribution in [0.4, 0.5) is 5.69 Å². The second-order valence-corrected chi connectivity index (χ2v) is 6.57. The highest BCUT2D eigenvalue weighted by molar-refractivity contribution is 5.88. The zero-order chi connectivity index (χ0) is 19.8. The highest BCUT2D eigenvalue weighted by Crippen LogP contribution is 2.30. The first-order valence-corrected chi connectivity index (χ1v) is 8.68. The van der Waals surface area contributed by atoms with Crippen LogP contribution in [0.2, 0.25) is 0 Å². The van der Waals surface area contributed by atoms with Crippen molar-refractivity contribution < 1.29 is 14.8 Å². The number of aromatic carboxylic acids is 1. The van der Waals surface area contributed by atoms with Gasteiger partial charge in [-0.25, -0.2) is 9.78 Å². The lowest BCUT2D eigenvalue weighted by Crippen LogP contribution is -2.25. The van der Waals surface area contributed by atoms with Crippen LogP contribution in [0.3, 0.4) is 0 Å². The fourth-order valence-corrected chi connectivity index (χ4v) is 3.44. The van der Waals surface area contributed by atoms with Crippen molar-refractivity contribution in [3.05, 3.63) is 85.4 Å². The van der Waals surface area contributed by atoms with Crippen molar-refractivity contribution in [2.75, 3.05) is 0 Å². The van der Waals surface area contributed by atoms with Crippen LogP contribution < -0.4 is 5.56 Å². The SMILES string of the molecule is O=C(O)c1ccc2nc3c(c(=O)n2c1)CCCC3=Cc1cccc([N+](=O)[O-])c1. The molecule has 0 radical (unpaired) electrons. The Morgan fingerprint density at radius 3 is 2.82 bits per heavy atom. The van der Waals surface area contributed by atoms with E-state index in [-0.39, 0.29) is 16.8 Å². The monoisotopic (exact) mass is 377 g/mol. The van der Waals surface area contributed by atoms with E-state index in [2.05, 4.69) is 4.98 Å². The Morgan fingerprint density at radius 1 is 1.25 bits per heavy atom. The van der Waals surface area contributed by atoms with Crippen LogP contribution in [-0.4, -0.2) is 25.4 Å². The number of rotatable bonds is 3. The number of fused-ring (bicyclic) bond motifs is 2. The predicted molar refractivity (Wildman–Crippen MR) is 102 cm³/mol. The minimum absolute atomic E-state index is 0.00174. The molecule has 0 unspecified atom stereocenters. The zero-order valence-electron chi connectivity index (χ0n) is 14.7. The molecule has 1 N–H and O–H groups in total. The molecule has 0 aliphatic heterocycles. The molecule has 28 heavy (non-hydrogen) atoms. The van der Waals surface area contributed by atoms with E-state index < -0.39 is 10.9 Å². The molecule has 0 saturated heterocycles. The van der Waals surface area contributed by atoms with Gasteiger partial charge in [0.1, 0.15) is 5.65 Å². The Balaban J connectivity index is 1.88. The predicted octanol–water partition coefficient (Wildman–Crippen LogP) is 3.18. The molecule has 2 aromatic heterocycles. The number of non-ortho nitro benzene ring substituents is 1. The van der Waals surface area contributed by atoms with Crippen LogP contribution in [0, 0.1) is 10.1 Å². The zero-order valence-corrected chi connectivity index (χ0v) is 14.7. The maximum atomic E-state index is 12.9. The minimum atomic E-state index is -1.11. The van der Waals surface area contributed by atoms with Crippen molar-refractivity contribution in [1.82, 2.24) is 9.38 Å². The number of nitrogens with zero attached hydrogens (tertiary/aromatic N) is 3. The Hall–Kier alpha value is -3.81. The molecule has 140 valence electrons. The highest BCUT2D eigenvalue weighted by Gasteiger charge is 2.21. The van der Waals surface area contributed by atoms with Crippen molar-refractivity contribution in [2.45, 2.75) is 19.3 Å². The summed E-state index contributed by atoms with van der Waals surface area (Å²) in [4.78, 5) is 39.2. The van der Waals surface area contributed by atoms with Crippen LogP contribution in [0.1, 0.15) is 40.0 Å². The van der Waals surface area contributed by atoms with E-state index in [0.717, 1.165) is 12.0 Å². The Bertz CT molecular complexity index is 1230. The normalized spacial score (nSPS) is 14.8. The van der Waals surface area contributed by atoms with Gasteiger partial charge in [0.05, 0.1) is 16.2 Å². The van der Waals surface area contributed by atoms with Crippen molar-refractivity contribution in [3.8, 4) is 0 Å². The van der Waals surface area contributed by atoms with Gasteiger partial charge in [-0.2, -0.15) is 0 Å². The van der Waals surface area contributed by atoms with Crippen LogP contribution in [0.15, 0.2) is 47.4 Å². The lowest BCUT2D eigenvalue weighted by molar-refractivity contribution is -0.384. The second-order valence-electron chi connectivity index (χ2n) is 6.57. The summed E-state index contributed by atoms with van der Waals surface area (Å²) in [6.07, 6.45) is 5.10. The number of carbonyl (C=O) groups is 1. The molecule has 8 heteroatoms. The first-order valence-electron chi connectivity index (χ1n) is 8.68. The summed E-state index contributed by atoms with van der Waals surface area (Å²) in [6, 6.07) is 9.20. The summed E-state index contributed by atoms with van der Waals surface area (Å²) < 4.78 is 1.26. The van der Waals surface area contributed by atoms with Gasteiger partial charge >= 0.3 is 5.97 Å². The van der Waals surface area contributed by atoms with Crippen molar-refractivity contribution in [1.29, 1.82) is 0 Å². The van der Waals surface area contributed by atoms with E-state index in [1.165, 1.54) is 34.9 Å². The molecule has 1 aromatic carbocycles. The van der Waals surface area contributed by atoms with Crippen molar-refractivity contribution in [3.63, 3.8) is 0 Å². The fourth-order valence-electron chi connectivity index (χ4n) is 3.44. The molecule has 1 aliphatic carbocycles. The summed E-state index contributed by atoms with van der Waals surface area (Å²) in [6.45, 7) is 0. The first-order chi connectivity index (χ1) is 13.4. The van der Waals surface area contributed by atoms with Crippen LogP contribution in [0.25, 0.3) is 17.3 Å². The lowest BCUT2D eigenvalue weighted by Gasteiger charge is -2.18. The number of aromatic nitrogens is 2. The third kappa shape index (κ3) is 3.05. The standard InChI is InChI=1S/C20H15N3O5/c24-19-16-6-2-4-13(9-12-3-1-5-15(10-12)23(27)28)18(16)21-17-8-7-14(20(25)26)11-22(17)19/h1,3,5,7-11H,2,4,6H2,(H,25,26). The van der Waals surface area contributed by atoms with Crippen LogP contribution in [-0.2, 0) is 6.42 Å². The van der Waals surface area contributed by atoms with Gasteiger partial charge in [-0.3, -0.25) is 19.3 Å². The molecule has 0 saturated carbocycles. The third-order valence-electron chi connectivity index (χ3n) is 4.76. The van der Waals surface area contributed by atoms with Gasteiger partial charge in [0, 0.05) is 23.9 Å². The van der Waals surface area contributed by atoms with Gasteiger partial charge < -0.3 is 5.11 Å². The fraction of sp³-hybridized carbons (Fsp3) is 0.150. The number of nitro groups is 1. The number of carboxylic acid groups (broad SMARTS) is 1. The highest BCUT2D eigenvalue weighted by atomic mass is 16.6. The number of hydrogen-bond donors (Lipinski definition) is 1. The molecule has 0 amide bonds. The maximum absolute atomic E-state index is 12.9. The third-order valence-corrected chi connectivity index (χ3v) is 4.76. The summed E-state index contributed by atoms with van der Waals surface area (Å²) in [5.74, 6) is -1.11. The Morgan fingerprint density at radius 2 is 2.07 bits per heavy atom. The van der Waals surface area contributed by atoms with Gasteiger partial charge in [-0.1, -0.05) is 12.1 Å².